The van der Waals surface area contributed by atoms with Gasteiger partial charge in [0.2, 0.25) is 0 Å². The van der Waals surface area contributed by atoms with Gasteiger partial charge in [-0.25, -0.2) is 0 Å². The predicted molar refractivity (Wildman–Crippen MR) is 92.7 cm³/mol. The number of pyridine rings is 1. The van der Waals surface area contributed by atoms with Crippen molar-refractivity contribution in [3.63, 3.8) is 0 Å². The molecule has 0 aliphatic carbocycles. The Balaban J connectivity index is 1.53. The second-order valence-electron chi connectivity index (χ2n) is 6.72. The number of piperidine rings is 3. The van der Waals surface area contributed by atoms with Crippen LogP contribution in [0.3, 0.4) is 0 Å². The molecule has 1 aromatic carbocycles. The number of aromatic nitrogens is 1. The molecule has 3 aliphatic rings. The van der Waals surface area contributed by atoms with Crippen LogP contribution in [-0.4, -0.2) is 34.6 Å². The van der Waals surface area contributed by atoms with E-state index in [1.54, 1.807) is 6.20 Å². The van der Waals surface area contributed by atoms with Crippen LogP contribution in [0.4, 0.5) is 0 Å². The van der Waals surface area contributed by atoms with E-state index in [4.69, 9.17) is 0 Å². The van der Waals surface area contributed by atoms with Crippen molar-refractivity contribution < 1.29 is 5.11 Å². The number of rotatable bonds is 3. The molecule has 0 spiro atoms. The highest BCUT2D eigenvalue weighted by molar-refractivity contribution is 5.69. The fourth-order valence-electron chi connectivity index (χ4n) is 3.92. The predicted octanol–water partition coefficient (Wildman–Crippen LogP) is 3.17. The molecular formula is C20H22N2O. The molecule has 3 heteroatoms. The van der Waals surface area contributed by atoms with Crippen LogP contribution in [0.25, 0.3) is 12.2 Å². The normalized spacial score (nSPS) is 30.0. The number of fused-ring (bicyclic) bond motifs is 3. The maximum absolute atomic E-state index is 11.2. The second kappa shape index (κ2) is 5.91. The summed E-state index contributed by atoms with van der Waals surface area (Å²) in [6.45, 7) is 3.06. The molecule has 0 amide bonds. The van der Waals surface area contributed by atoms with E-state index >= 15 is 0 Å². The zero-order valence-corrected chi connectivity index (χ0v) is 13.2. The quantitative estimate of drug-likeness (QED) is 0.946. The summed E-state index contributed by atoms with van der Waals surface area (Å²) in [4.78, 5) is 6.50. The second-order valence-corrected chi connectivity index (χ2v) is 6.72. The molecule has 1 aromatic heterocycles. The van der Waals surface area contributed by atoms with Gasteiger partial charge in [-0.1, -0.05) is 42.5 Å². The lowest BCUT2D eigenvalue weighted by atomic mass is 9.71. The first-order valence-corrected chi connectivity index (χ1v) is 8.37. The summed E-state index contributed by atoms with van der Waals surface area (Å²) in [5, 5.41) is 11.2. The highest BCUT2D eigenvalue weighted by Gasteiger charge is 2.46. The maximum atomic E-state index is 11.2. The summed E-state index contributed by atoms with van der Waals surface area (Å²) >= 11 is 0. The molecular weight excluding hydrogens is 284 g/mol. The van der Waals surface area contributed by atoms with Crippen molar-refractivity contribution >= 4 is 12.2 Å². The standard InChI is InChI=1S/C20H22N2O/c23-20(15-22-12-9-19(20)10-13-22)18-7-5-16(6-8-18)3-4-17-2-1-11-21-14-17/h1-8,11,14,19,23H,9-10,12-13,15H2/b4-3-. The molecule has 118 valence electrons. The first kappa shape index (κ1) is 14.6. The Morgan fingerprint density at radius 1 is 1.04 bits per heavy atom. The van der Waals surface area contributed by atoms with Crippen molar-refractivity contribution in [3.8, 4) is 0 Å². The lowest BCUT2D eigenvalue weighted by molar-refractivity contribution is -0.117. The molecule has 4 heterocycles. The van der Waals surface area contributed by atoms with E-state index in [1.165, 1.54) is 0 Å². The third kappa shape index (κ3) is 2.82. The minimum Gasteiger partial charge on any atom is -0.384 e. The Kier molecular flexibility index (Phi) is 3.76. The van der Waals surface area contributed by atoms with Crippen LogP contribution in [0.1, 0.15) is 29.5 Å². The maximum Gasteiger partial charge on any atom is 0.105 e. The number of hydrogen-bond acceptors (Lipinski definition) is 3. The largest absolute Gasteiger partial charge is 0.384 e. The molecule has 0 saturated carbocycles. The Labute approximate surface area is 137 Å². The van der Waals surface area contributed by atoms with E-state index in [0.29, 0.717) is 5.92 Å². The van der Waals surface area contributed by atoms with Gasteiger partial charge in [-0.2, -0.15) is 0 Å². The molecule has 3 aliphatic heterocycles. The molecule has 2 bridgehead atoms. The van der Waals surface area contributed by atoms with Crippen LogP contribution in [0.15, 0.2) is 48.8 Å². The highest BCUT2D eigenvalue weighted by atomic mass is 16.3. The summed E-state index contributed by atoms with van der Waals surface area (Å²) in [6.07, 6.45) is 9.99. The smallest absolute Gasteiger partial charge is 0.105 e. The first-order valence-electron chi connectivity index (χ1n) is 8.37. The van der Waals surface area contributed by atoms with Crippen molar-refractivity contribution in [2.45, 2.75) is 18.4 Å². The minimum absolute atomic E-state index is 0.407. The van der Waals surface area contributed by atoms with E-state index in [9.17, 15) is 5.11 Å². The van der Waals surface area contributed by atoms with Crippen molar-refractivity contribution in [3.05, 3.63) is 65.5 Å². The average Bonchev–Trinajstić information content (AvgIpc) is 2.62. The molecule has 5 rings (SSSR count). The third-order valence-corrected chi connectivity index (χ3v) is 5.29. The van der Waals surface area contributed by atoms with Gasteiger partial charge in [-0.15, -0.1) is 0 Å². The fourth-order valence-corrected chi connectivity index (χ4v) is 3.92. The monoisotopic (exact) mass is 306 g/mol. The summed E-state index contributed by atoms with van der Waals surface area (Å²) in [6, 6.07) is 12.3. The van der Waals surface area contributed by atoms with Gasteiger partial charge in [0.25, 0.3) is 0 Å². The molecule has 3 fully saturated rings. The third-order valence-electron chi connectivity index (χ3n) is 5.29. The van der Waals surface area contributed by atoms with Gasteiger partial charge in [0.05, 0.1) is 0 Å². The number of benzene rings is 1. The number of hydrogen-bond donors (Lipinski definition) is 1. The number of aliphatic hydroxyl groups is 1. The van der Waals surface area contributed by atoms with E-state index in [2.05, 4.69) is 46.3 Å². The van der Waals surface area contributed by atoms with Gasteiger partial charge in [-0.05, 0) is 54.6 Å². The SMILES string of the molecule is OC1(c2ccc(/C=C\c3cccnc3)cc2)CN2CCC1CC2. The van der Waals surface area contributed by atoms with E-state index < -0.39 is 5.60 Å². The van der Waals surface area contributed by atoms with Gasteiger partial charge in [0, 0.05) is 18.9 Å². The molecule has 3 saturated heterocycles. The van der Waals surface area contributed by atoms with Crippen molar-refractivity contribution in [2.75, 3.05) is 19.6 Å². The van der Waals surface area contributed by atoms with Crippen molar-refractivity contribution in [1.82, 2.24) is 9.88 Å². The van der Waals surface area contributed by atoms with E-state index in [-0.39, 0.29) is 0 Å². The zero-order chi connectivity index (χ0) is 15.7. The molecule has 3 nitrogen and oxygen atoms in total. The van der Waals surface area contributed by atoms with Gasteiger partial charge in [0.15, 0.2) is 0 Å². The zero-order valence-electron chi connectivity index (χ0n) is 13.2. The molecule has 2 aromatic rings. The Morgan fingerprint density at radius 3 is 2.39 bits per heavy atom. The van der Waals surface area contributed by atoms with Crippen LogP contribution >= 0.6 is 0 Å². The van der Waals surface area contributed by atoms with Gasteiger partial charge >= 0.3 is 0 Å². The summed E-state index contributed by atoms with van der Waals surface area (Å²) in [5.74, 6) is 0.407. The van der Waals surface area contributed by atoms with Crippen LogP contribution in [0.2, 0.25) is 0 Å². The molecule has 0 radical (unpaired) electrons. The van der Waals surface area contributed by atoms with Crippen molar-refractivity contribution in [1.29, 1.82) is 0 Å². The lowest BCUT2D eigenvalue weighted by Crippen LogP contribution is -2.57. The minimum atomic E-state index is -0.665. The summed E-state index contributed by atoms with van der Waals surface area (Å²) in [7, 11) is 0. The Bertz CT molecular complexity index is 687. The average molecular weight is 306 g/mol. The van der Waals surface area contributed by atoms with Crippen LogP contribution in [0.5, 0.6) is 0 Å². The van der Waals surface area contributed by atoms with Gasteiger partial charge < -0.3 is 10.0 Å². The fraction of sp³-hybridized carbons (Fsp3) is 0.350. The van der Waals surface area contributed by atoms with Crippen LogP contribution < -0.4 is 0 Å². The van der Waals surface area contributed by atoms with E-state index in [1.807, 2.05) is 18.3 Å². The summed E-state index contributed by atoms with van der Waals surface area (Å²) < 4.78 is 0. The summed E-state index contributed by atoms with van der Waals surface area (Å²) in [5.41, 5.74) is 2.63. The molecule has 1 unspecified atom stereocenters. The topological polar surface area (TPSA) is 36.4 Å². The Morgan fingerprint density at radius 2 is 1.78 bits per heavy atom. The van der Waals surface area contributed by atoms with Crippen molar-refractivity contribution in [2.24, 2.45) is 5.92 Å². The Hall–Kier alpha value is -1.97. The van der Waals surface area contributed by atoms with Crippen LogP contribution in [0, 0.1) is 5.92 Å². The molecule has 1 atom stereocenters. The highest BCUT2D eigenvalue weighted by Crippen LogP contribution is 2.42. The van der Waals surface area contributed by atoms with E-state index in [0.717, 1.165) is 49.2 Å². The van der Waals surface area contributed by atoms with Gasteiger partial charge in [-0.3, -0.25) is 4.98 Å². The van der Waals surface area contributed by atoms with Gasteiger partial charge in [0.1, 0.15) is 5.60 Å². The molecule has 23 heavy (non-hydrogen) atoms. The first-order chi connectivity index (χ1) is 11.2. The number of nitrogens with zero attached hydrogens (tertiary/aromatic N) is 2. The molecule has 1 N–H and O–H groups in total. The van der Waals surface area contributed by atoms with Crippen LogP contribution in [-0.2, 0) is 5.60 Å². The lowest BCUT2D eigenvalue weighted by Gasteiger charge is -2.50.